The van der Waals surface area contributed by atoms with Crippen molar-refractivity contribution in [3.05, 3.63) is 70.2 Å². The number of esters is 1. The van der Waals surface area contributed by atoms with E-state index in [1.54, 1.807) is 49.6 Å². The van der Waals surface area contributed by atoms with Crippen molar-refractivity contribution in [2.24, 2.45) is 9.39 Å². The van der Waals surface area contributed by atoms with Crippen molar-refractivity contribution in [2.75, 3.05) is 13.4 Å². The molecule has 0 heterocycles. The molecule has 136 valence electrons. The molecule has 0 bridgehead atoms. The van der Waals surface area contributed by atoms with E-state index in [-0.39, 0.29) is 5.71 Å². The summed E-state index contributed by atoms with van der Waals surface area (Å²) in [6.45, 7) is 1.80. The predicted molar refractivity (Wildman–Crippen MR) is 107 cm³/mol. The van der Waals surface area contributed by atoms with Crippen LogP contribution < -0.4 is 0 Å². The third-order valence-corrected chi connectivity index (χ3v) is 4.25. The van der Waals surface area contributed by atoms with Gasteiger partial charge in [-0.05, 0) is 36.6 Å². The summed E-state index contributed by atoms with van der Waals surface area (Å²) in [6, 6.07) is 14.1. The summed E-state index contributed by atoms with van der Waals surface area (Å²) in [6.07, 6.45) is 0.587. The number of ether oxygens (including phenoxy) is 1. The van der Waals surface area contributed by atoms with Crippen LogP contribution in [0.3, 0.4) is 0 Å². The molecule has 1 N–H and O–H groups in total. The van der Waals surface area contributed by atoms with Crippen molar-refractivity contribution in [1.82, 2.24) is 0 Å². The lowest BCUT2D eigenvalue weighted by Crippen LogP contribution is -2.19. The number of halogens is 1. The number of aliphatic hydroxyl groups is 1. The highest BCUT2D eigenvalue weighted by Crippen LogP contribution is 2.23. The Kier molecular flexibility index (Phi) is 7.38. The Bertz CT molecular complexity index is 835. The van der Waals surface area contributed by atoms with Crippen LogP contribution in [0, 0.1) is 0 Å². The van der Waals surface area contributed by atoms with Crippen LogP contribution in [0.2, 0.25) is 5.02 Å². The number of hydrogen-bond donors (Lipinski definition) is 1. The van der Waals surface area contributed by atoms with Gasteiger partial charge in [-0.25, -0.2) is 9.19 Å². The minimum Gasteiger partial charge on any atom is -0.464 e. The van der Waals surface area contributed by atoms with E-state index in [0.717, 1.165) is 17.5 Å². The Labute approximate surface area is 161 Å². The lowest BCUT2D eigenvalue weighted by atomic mass is 10.0. The molecule has 0 spiro atoms. The molecule has 0 saturated heterocycles. The minimum atomic E-state index is -1.15. The van der Waals surface area contributed by atoms with Gasteiger partial charge < -0.3 is 9.84 Å². The van der Waals surface area contributed by atoms with E-state index < -0.39 is 12.2 Å². The highest BCUT2D eigenvalue weighted by molar-refractivity contribution is 7.97. The molecule has 7 heteroatoms. The number of nitrogens with zero attached hydrogens (tertiary/aromatic N) is 2. The van der Waals surface area contributed by atoms with Crippen LogP contribution in [-0.2, 0) is 9.53 Å². The van der Waals surface area contributed by atoms with Crippen molar-refractivity contribution in [3.63, 3.8) is 0 Å². The number of hydrogen-bond acceptors (Lipinski definition) is 6. The standard InChI is InChI=1S/C19H19ClN2O3S/c1-12(13-8-10-14(20)11-9-13)21-18(23)16-7-5-4-6-15(16)17(22-26-3)19(24)25-2/h4-11,18,23H,1-3H3. The van der Waals surface area contributed by atoms with Gasteiger partial charge in [0.1, 0.15) is 0 Å². The molecular weight excluding hydrogens is 372 g/mol. The van der Waals surface area contributed by atoms with Crippen molar-refractivity contribution >= 4 is 40.9 Å². The van der Waals surface area contributed by atoms with Gasteiger partial charge in [0.05, 0.1) is 7.11 Å². The third kappa shape index (κ3) is 4.94. The molecule has 1 atom stereocenters. The zero-order valence-corrected chi connectivity index (χ0v) is 16.2. The molecule has 5 nitrogen and oxygen atoms in total. The molecule has 2 rings (SSSR count). The first kappa shape index (κ1) is 20.2. The number of methoxy groups -OCH3 is 1. The first-order chi connectivity index (χ1) is 12.5. The molecule has 26 heavy (non-hydrogen) atoms. The van der Waals surface area contributed by atoms with Crippen molar-refractivity contribution in [3.8, 4) is 0 Å². The summed E-state index contributed by atoms with van der Waals surface area (Å²) in [5.74, 6) is -0.572. The van der Waals surface area contributed by atoms with Gasteiger partial charge in [0, 0.05) is 28.1 Å². The number of aliphatic hydroxyl groups excluding tert-OH is 1. The van der Waals surface area contributed by atoms with Crippen molar-refractivity contribution < 1.29 is 14.6 Å². The second kappa shape index (κ2) is 9.52. The van der Waals surface area contributed by atoms with Crippen LogP contribution >= 0.6 is 23.5 Å². The molecule has 0 saturated carbocycles. The van der Waals surface area contributed by atoms with E-state index in [2.05, 4.69) is 9.39 Å². The molecule has 0 aliphatic carbocycles. The molecule has 0 fully saturated rings. The van der Waals surface area contributed by atoms with Crippen LogP contribution in [0.4, 0.5) is 0 Å². The monoisotopic (exact) mass is 390 g/mol. The van der Waals surface area contributed by atoms with E-state index in [9.17, 15) is 9.90 Å². The van der Waals surface area contributed by atoms with E-state index >= 15 is 0 Å². The molecule has 0 aliphatic heterocycles. The number of aliphatic imine (C=N–C) groups is 1. The van der Waals surface area contributed by atoms with Gasteiger partial charge in [0.25, 0.3) is 0 Å². The largest absolute Gasteiger partial charge is 0.464 e. The number of benzene rings is 2. The number of carbonyl (C=O) groups excluding carboxylic acids is 1. The van der Waals surface area contributed by atoms with Gasteiger partial charge in [-0.15, -0.1) is 0 Å². The summed E-state index contributed by atoms with van der Waals surface area (Å²) in [4.78, 5) is 16.4. The SMILES string of the molecule is COC(=O)C(=NSC)c1ccccc1C(O)N=C(C)c1ccc(Cl)cc1. The average Bonchev–Trinajstić information content (AvgIpc) is 2.66. The maximum Gasteiger partial charge on any atom is 0.357 e. The first-order valence-corrected chi connectivity index (χ1v) is 9.31. The Morgan fingerprint density at radius 3 is 2.46 bits per heavy atom. The highest BCUT2D eigenvalue weighted by atomic mass is 35.5. The van der Waals surface area contributed by atoms with Crippen LogP contribution in [-0.4, -0.2) is 35.9 Å². The highest BCUT2D eigenvalue weighted by Gasteiger charge is 2.21. The Hall–Kier alpha value is -2.15. The second-order valence-electron chi connectivity index (χ2n) is 5.30. The maximum atomic E-state index is 12.1. The zero-order chi connectivity index (χ0) is 19.1. The number of rotatable bonds is 6. The van der Waals surface area contributed by atoms with E-state index in [4.69, 9.17) is 16.3 Å². The fourth-order valence-corrected chi connectivity index (χ4v) is 2.82. The molecule has 1 unspecified atom stereocenters. The van der Waals surface area contributed by atoms with Crippen molar-refractivity contribution in [1.29, 1.82) is 0 Å². The van der Waals surface area contributed by atoms with Crippen LogP contribution in [0.25, 0.3) is 0 Å². The Balaban J connectivity index is 2.42. The van der Waals surface area contributed by atoms with Gasteiger partial charge in [0.15, 0.2) is 11.9 Å². The Morgan fingerprint density at radius 2 is 1.85 bits per heavy atom. The van der Waals surface area contributed by atoms with Gasteiger partial charge in [-0.3, -0.25) is 4.99 Å². The summed E-state index contributed by atoms with van der Waals surface area (Å²) in [5.41, 5.74) is 2.57. The maximum absolute atomic E-state index is 12.1. The smallest absolute Gasteiger partial charge is 0.357 e. The summed E-state index contributed by atoms with van der Waals surface area (Å²) in [5, 5.41) is 11.3. The molecule has 0 amide bonds. The zero-order valence-electron chi connectivity index (χ0n) is 14.6. The molecule has 0 aromatic heterocycles. The second-order valence-corrected chi connectivity index (χ2v) is 6.28. The van der Waals surface area contributed by atoms with E-state index in [0.29, 0.717) is 21.9 Å². The topological polar surface area (TPSA) is 71.2 Å². The molecular formula is C19H19ClN2O3S. The van der Waals surface area contributed by atoms with Gasteiger partial charge >= 0.3 is 5.97 Å². The molecule has 0 radical (unpaired) electrons. The van der Waals surface area contributed by atoms with E-state index in [1.165, 1.54) is 7.11 Å². The van der Waals surface area contributed by atoms with E-state index in [1.807, 2.05) is 12.1 Å². The predicted octanol–water partition coefficient (Wildman–Crippen LogP) is 4.08. The van der Waals surface area contributed by atoms with Crippen LogP contribution in [0.15, 0.2) is 57.9 Å². The average molecular weight is 391 g/mol. The van der Waals surface area contributed by atoms with Gasteiger partial charge in [-0.1, -0.05) is 48.0 Å². The quantitative estimate of drug-likeness (QED) is 0.458. The lowest BCUT2D eigenvalue weighted by molar-refractivity contribution is -0.132. The molecule has 2 aromatic carbocycles. The fourth-order valence-electron chi connectivity index (χ4n) is 2.34. The van der Waals surface area contributed by atoms with Crippen molar-refractivity contribution in [2.45, 2.75) is 13.2 Å². The molecule has 0 aliphatic rings. The summed E-state index contributed by atoms with van der Waals surface area (Å²) >= 11 is 7.04. The van der Waals surface area contributed by atoms with Crippen LogP contribution in [0.1, 0.15) is 29.8 Å². The normalized spacial score (nSPS) is 13.4. The van der Waals surface area contributed by atoms with Gasteiger partial charge in [0.2, 0.25) is 0 Å². The van der Waals surface area contributed by atoms with Gasteiger partial charge in [-0.2, -0.15) is 0 Å². The third-order valence-electron chi connectivity index (χ3n) is 3.63. The Morgan fingerprint density at radius 1 is 1.19 bits per heavy atom. The minimum absolute atomic E-state index is 0.133. The van der Waals surface area contributed by atoms with Crippen LogP contribution in [0.5, 0.6) is 0 Å². The summed E-state index contributed by atoms with van der Waals surface area (Å²) < 4.78 is 8.94. The summed E-state index contributed by atoms with van der Waals surface area (Å²) in [7, 11) is 1.29. The fraction of sp³-hybridized carbons (Fsp3) is 0.211. The first-order valence-electron chi connectivity index (χ1n) is 7.75. The number of carbonyl (C=O) groups is 1. The lowest BCUT2D eigenvalue weighted by Gasteiger charge is -2.14. The molecule has 2 aromatic rings.